The lowest BCUT2D eigenvalue weighted by molar-refractivity contribution is 0.217. The first-order chi connectivity index (χ1) is 8.56. The number of benzene rings is 1. The summed E-state index contributed by atoms with van der Waals surface area (Å²) in [6.45, 7) is 6.81. The smallest absolute Gasteiger partial charge is 0.123 e. The molecule has 0 amide bonds. The van der Waals surface area contributed by atoms with Gasteiger partial charge >= 0.3 is 0 Å². The van der Waals surface area contributed by atoms with E-state index in [1.165, 1.54) is 25.3 Å². The maximum Gasteiger partial charge on any atom is 0.123 e. The molecule has 4 unspecified atom stereocenters. The molecule has 0 aromatic heterocycles. The zero-order valence-corrected chi connectivity index (χ0v) is 11.6. The Labute approximate surface area is 110 Å². The molecule has 1 aliphatic rings. The molecule has 4 atom stereocenters. The Morgan fingerprint density at radius 2 is 2.00 bits per heavy atom. The normalized spacial score (nSPS) is 30.1. The van der Waals surface area contributed by atoms with Crippen LogP contribution in [0.1, 0.15) is 51.6 Å². The van der Waals surface area contributed by atoms with E-state index in [0.717, 1.165) is 17.4 Å². The van der Waals surface area contributed by atoms with Crippen molar-refractivity contribution in [2.24, 2.45) is 11.8 Å². The summed E-state index contributed by atoms with van der Waals surface area (Å²) in [5.74, 6) is 1.48. The molecular formula is C16H24FN. The van der Waals surface area contributed by atoms with Crippen LogP contribution in [0.15, 0.2) is 24.3 Å². The van der Waals surface area contributed by atoms with Gasteiger partial charge in [0, 0.05) is 12.1 Å². The molecule has 1 aliphatic carbocycles. The molecule has 0 heterocycles. The average Bonchev–Trinajstić information content (AvgIpc) is 2.34. The lowest BCUT2D eigenvalue weighted by Crippen LogP contribution is -2.37. The van der Waals surface area contributed by atoms with Crippen LogP contribution in [0.25, 0.3) is 0 Å². The van der Waals surface area contributed by atoms with Crippen molar-refractivity contribution in [2.45, 2.75) is 52.1 Å². The molecule has 1 saturated carbocycles. The molecule has 0 radical (unpaired) electrons. The maximum atomic E-state index is 13.2. The fourth-order valence-corrected chi connectivity index (χ4v) is 2.92. The fourth-order valence-electron chi connectivity index (χ4n) is 2.92. The third-order valence-electron chi connectivity index (χ3n) is 4.43. The highest BCUT2D eigenvalue weighted by molar-refractivity contribution is 5.19. The van der Waals surface area contributed by atoms with Gasteiger partial charge in [-0.15, -0.1) is 0 Å². The van der Waals surface area contributed by atoms with E-state index in [0.29, 0.717) is 6.04 Å². The summed E-state index contributed by atoms with van der Waals surface area (Å²) in [6.07, 6.45) is 3.78. The Hall–Kier alpha value is -0.890. The Bertz CT molecular complexity index is 390. The monoisotopic (exact) mass is 249 g/mol. The van der Waals surface area contributed by atoms with Crippen LogP contribution >= 0.6 is 0 Å². The second-order valence-electron chi connectivity index (χ2n) is 5.91. The van der Waals surface area contributed by atoms with Gasteiger partial charge in [-0.05, 0) is 55.7 Å². The number of hydrogen-bond donors (Lipinski definition) is 1. The average molecular weight is 249 g/mol. The summed E-state index contributed by atoms with van der Waals surface area (Å²) < 4.78 is 13.2. The van der Waals surface area contributed by atoms with Crippen LogP contribution in [0, 0.1) is 17.7 Å². The first kappa shape index (κ1) is 13.5. The Balaban J connectivity index is 1.93. The van der Waals surface area contributed by atoms with Crippen molar-refractivity contribution in [2.75, 3.05) is 0 Å². The van der Waals surface area contributed by atoms with E-state index in [1.54, 1.807) is 12.1 Å². The topological polar surface area (TPSA) is 12.0 Å². The van der Waals surface area contributed by atoms with Crippen molar-refractivity contribution >= 4 is 0 Å². The van der Waals surface area contributed by atoms with Gasteiger partial charge in [0.05, 0.1) is 0 Å². The molecule has 0 aliphatic heterocycles. The minimum atomic E-state index is -0.146. The molecule has 2 heteroatoms. The Morgan fingerprint density at radius 1 is 1.22 bits per heavy atom. The van der Waals surface area contributed by atoms with Gasteiger partial charge in [-0.1, -0.05) is 26.0 Å². The minimum Gasteiger partial charge on any atom is -0.307 e. The van der Waals surface area contributed by atoms with Gasteiger partial charge in [-0.2, -0.15) is 0 Å². The van der Waals surface area contributed by atoms with Gasteiger partial charge in [0.2, 0.25) is 0 Å². The summed E-state index contributed by atoms with van der Waals surface area (Å²) >= 11 is 0. The molecule has 100 valence electrons. The summed E-state index contributed by atoms with van der Waals surface area (Å²) in [5.41, 5.74) is 1.04. The van der Waals surface area contributed by atoms with Crippen LogP contribution in [0.2, 0.25) is 0 Å². The van der Waals surface area contributed by atoms with Crippen molar-refractivity contribution in [1.29, 1.82) is 0 Å². The molecule has 0 bridgehead atoms. The summed E-state index contributed by atoms with van der Waals surface area (Å²) in [5, 5.41) is 3.65. The van der Waals surface area contributed by atoms with E-state index in [9.17, 15) is 4.39 Å². The molecule has 0 spiro atoms. The van der Waals surface area contributed by atoms with E-state index < -0.39 is 0 Å². The molecular weight excluding hydrogens is 225 g/mol. The highest BCUT2D eigenvalue weighted by atomic mass is 19.1. The molecule has 1 nitrogen and oxygen atoms in total. The second-order valence-corrected chi connectivity index (χ2v) is 5.91. The number of rotatable bonds is 3. The van der Waals surface area contributed by atoms with E-state index in [2.05, 4.69) is 26.1 Å². The van der Waals surface area contributed by atoms with Gasteiger partial charge in [0.1, 0.15) is 5.82 Å². The standard InChI is InChI=1S/C16H24FN/c1-11-7-8-16(9-12(11)2)18-13(3)14-5-4-6-15(17)10-14/h4-6,10-13,16,18H,7-9H2,1-3H3. The van der Waals surface area contributed by atoms with Gasteiger partial charge in [0.15, 0.2) is 0 Å². The van der Waals surface area contributed by atoms with Crippen LogP contribution in [-0.4, -0.2) is 6.04 Å². The SMILES string of the molecule is CC(NC1CCC(C)C(C)C1)c1cccc(F)c1. The van der Waals surface area contributed by atoms with Gasteiger partial charge < -0.3 is 5.32 Å². The van der Waals surface area contributed by atoms with Crippen LogP contribution in [0.4, 0.5) is 4.39 Å². The van der Waals surface area contributed by atoms with Crippen LogP contribution < -0.4 is 5.32 Å². The van der Waals surface area contributed by atoms with Crippen molar-refractivity contribution < 1.29 is 4.39 Å². The van der Waals surface area contributed by atoms with Crippen LogP contribution in [0.5, 0.6) is 0 Å². The Kier molecular flexibility index (Phi) is 4.39. The predicted molar refractivity (Wildman–Crippen MR) is 73.9 cm³/mol. The largest absolute Gasteiger partial charge is 0.307 e. The molecule has 1 aromatic carbocycles. The summed E-state index contributed by atoms with van der Waals surface area (Å²) in [4.78, 5) is 0. The van der Waals surface area contributed by atoms with Crippen molar-refractivity contribution in [1.82, 2.24) is 5.32 Å². The number of hydrogen-bond acceptors (Lipinski definition) is 1. The second kappa shape index (κ2) is 5.83. The lowest BCUT2D eigenvalue weighted by atomic mass is 9.79. The summed E-state index contributed by atoms with van der Waals surface area (Å²) in [7, 11) is 0. The third kappa shape index (κ3) is 3.32. The molecule has 2 rings (SSSR count). The van der Waals surface area contributed by atoms with E-state index in [4.69, 9.17) is 0 Å². The highest BCUT2D eigenvalue weighted by Crippen LogP contribution is 2.30. The summed E-state index contributed by atoms with van der Waals surface area (Å²) in [6, 6.07) is 7.72. The van der Waals surface area contributed by atoms with Crippen molar-refractivity contribution in [3.05, 3.63) is 35.6 Å². The number of halogens is 1. The zero-order valence-electron chi connectivity index (χ0n) is 11.6. The van der Waals surface area contributed by atoms with Gasteiger partial charge in [-0.3, -0.25) is 0 Å². The molecule has 18 heavy (non-hydrogen) atoms. The molecule has 0 saturated heterocycles. The van der Waals surface area contributed by atoms with Crippen molar-refractivity contribution in [3.8, 4) is 0 Å². The number of nitrogens with one attached hydrogen (secondary N) is 1. The zero-order chi connectivity index (χ0) is 13.1. The third-order valence-corrected chi connectivity index (χ3v) is 4.43. The fraction of sp³-hybridized carbons (Fsp3) is 0.625. The lowest BCUT2D eigenvalue weighted by Gasteiger charge is -2.34. The predicted octanol–water partition coefficient (Wildman–Crippen LogP) is 4.30. The van der Waals surface area contributed by atoms with Gasteiger partial charge in [-0.25, -0.2) is 4.39 Å². The first-order valence-corrected chi connectivity index (χ1v) is 7.07. The van der Waals surface area contributed by atoms with E-state index >= 15 is 0 Å². The minimum absolute atomic E-state index is 0.146. The van der Waals surface area contributed by atoms with Gasteiger partial charge in [0.25, 0.3) is 0 Å². The van der Waals surface area contributed by atoms with Crippen molar-refractivity contribution in [3.63, 3.8) is 0 Å². The first-order valence-electron chi connectivity index (χ1n) is 7.07. The van der Waals surface area contributed by atoms with Crippen LogP contribution in [0.3, 0.4) is 0 Å². The van der Waals surface area contributed by atoms with E-state index in [1.807, 2.05) is 6.07 Å². The van der Waals surface area contributed by atoms with E-state index in [-0.39, 0.29) is 11.9 Å². The van der Waals surface area contributed by atoms with Crippen LogP contribution in [-0.2, 0) is 0 Å². The maximum absolute atomic E-state index is 13.2. The molecule has 1 aromatic rings. The Morgan fingerprint density at radius 3 is 2.67 bits per heavy atom. The highest BCUT2D eigenvalue weighted by Gasteiger charge is 2.25. The molecule has 1 N–H and O–H groups in total. The molecule has 1 fully saturated rings. The quantitative estimate of drug-likeness (QED) is 0.842.